The third kappa shape index (κ3) is 7.00. The minimum absolute atomic E-state index is 0.00403. The molecule has 0 aliphatic heterocycles. The van der Waals surface area contributed by atoms with Gasteiger partial charge in [-0.1, -0.05) is 39.3 Å². The number of sulfonamides is 1. The first-order valence-electron chi connectivity index (χ1n) is 14.5. The fraction of sp³-hybridized carbons (Fsp3) is 0.433. The van der Waals surface area contributed by atoms with E-state index in [9.17, 15) is 18.3 Å². The van der Waals surface area contributed by atoms with Crippen LogP contribution in [0.25, 0.3) is 16.9 Å². The number of anilines is 1. The quantitative estimate of drug-likeness (QED) is 0.187. The summed E-state index contributed by atoms with van der Waals surface area (Å²) in [6.45, 7) is 10.1. The van der Waals surface area contributed by atoms with Crippen LogP contribution >= 0.6 is 0 Å². The average molecular weight is 597 g/mol. The first-order valence-corrected chi connectivity index (χ1v) is 16.0. The summed E-state index contributed by atoms with van der Waals surface area (Å²) in [6.07, 6.45) is 3.12. The molecule has 0 atom stereocenters. The maximum atomic E-state index is 13.5. The first-order chi connectivity index (χ1) is 20.2. The van der Waals surface area contributed by atoms with Gasteiger partial charge < -0.3 is 14.8 Å². The Bertz CT molecular complexity index is 1680. The number of nitrogens with zero attached hydrogens (tertiary/aromatic N) is 4. The summed E-state index contributed by atoms with van der Waals surface area (Å²) in [5.74, 6) is 1.28. The molecule has 2 heterocycles. The topological polar surface area (TPSA) is 142 Å². The van der Waals surface area contributed by atoms with Gasteiger partial charge in [0.15, 0.2) is 11.3 Å². The fourth-order valence-electron chi connectivity index (χ4n) is 4.84. The van der Waals surface area contributed by atoms with Crippen molar-refractivity contribution in [3.63, 3.8) is 0 Å². The number of rotatable bonds is 15. The van der Waals surface area contributed by atoms with Crippen LogP contribution in [0.1, 0.15) is 57.6 Å². The van der Waals surface area contributed by atoms with E-state index >= 15 is 0 Å². The molecule has 0 amide bonds. The molecule has 2 aromatic carbocycles. The summed E-state index contributed by atoms with van der Waals surface area (Å²) in [7, 11) is -4.01. The maximum Gasteiger partial charge on any atom is 0.277 e. The van der Waals surface area contributed by atoms with E-state index in [4.69, 9.17) is 9.84 Å². The van der Waals surface area contributed by atoms with E-state index < -0.39 is 10.0 Å². The molecule has 2 aromatic heterocycles. The van der Waals surface area contributed by atoms with E-state index in [0.717, 1.165) is 24.9 Å². The Kier molecular flexibility index (Phi) is 10.4. The van der Waals surface area contributed by atoms with E-state index in [1.807, 2.05) is 26.8 Å². The van der Waals surface area contributed by atoms with E-state index in [-0.39, 0.29) is 22.9 Å². The lowest BCUT2D eigenvalue weighted by atomic mass is 10.2. The Morgan fingerprint density at radius 1 is 1.12 bits per heavy atom. The van der Waals surface area contributed by atoms with E-state index in [1.54, 1.807) is 28.8 Å². The molecule has 0 saturated heterocycles. The molecule has 0 fully saturated rings. The Morgan fingerprint density at radius 3 is 2.62 bits per heavy atom. The van der Waals surface area contributed by atoms with Gasteiger partial charge in [0.05, 0.1) is 29.4 Å². The first kappa shape index (κ1) is 31.2. The van der Waals surface area contributed by atoms with Gasteiger partial charge in [-0.25, -0.2) is 17.9 Å². The predicted molar refractivity (Wildman–Crippen MR) is 163 cm³/mol. The third-order valence-electron chi connectivity index (χ3n) is 6.99. The van der Waals surface area contributed by atoms with Crippen LogP contribution in [0.3, 0.4) is 0 Å². The number of ether oxygens (including phenoxy) is 1. The molecule has 42 heavy (non-hydrogen) atoms. The molecule has 4 rings (SSSR count). The molecule has 0 aliphatic rings. The van der Waals surface area contributed by atoms with Crippen molar-refractivity contribution in [3.8, 4) is 17.1 Å². The van der Waals surface area contributed by atoms with Crippen LogP contribution < -0.4 is 15.0 Å². The maximum absolute atomic E-state index is 13.5. The van der Waals surface area contributed by atoms with Crippen LogP contribution in [0.15, 0.2) is 52.2 Å². The van der Waals surface area contributed by atoms with Gasteiger partial charge in [-0.05, 0) is 62.2 Å². The molecular weight excluding hydrogens is 556 g/mol. The van der Waals surface area contributed by atoms with Crippen LogP contribution in [0, 0.1) is 0 Å². The molecule has 0 radical (unpaired) electrons. The number of likely N-dealkylation sites (N-methyl/N-ethyl adjacent to an activating group) is 1. The number of hydrogen-bond donors (Lipinski definition) is 3. The lowest BCUT2D eigenvalue weighted by molar-refractivity contribution is 0.197. The number of aliphatic hydroxyl groups is 1. The zero-order chi connectivity index (χ0) is 30.3. The largest absolute Gasteiger partial charge is 0.493 e. The number of aromatic amines is 1. The average Bonchev–Trinajstić information content (AvgIpc) is 3.34. The number of aliphatic hydroxyl groups excluding tert-OH is 1. The Balaban J connectivity index is 1.74. The number of aromatic nitrogens is 4. The number of benzene rings is 2. The van der Waals surface area contributed by atoms with Crippen molar-refractivity contribution in [1.82, 2.24) is 24.5 Å². The van der Waals surface area contributed by atoms with Crippen LogP contribution in [0.2, 0.25) is 0 Å². The second-order valence-corrected chi connectivity index (χ2v) is 11.7. The number of nitrogens with one attached hydrogen (secondary N) is 2. The smallest absolute Gasteiger partial charge is 0.277 e. The van der Waals surface area contributed by atoms with Crippen molar-refractivity contribution in [3.05, 3.63) is 69.9 Å². The molecule has 0 aliphatic carbocycles. The molecule has 0 saturated carbocycles. The molecule has 226 valence electrons. The standard InChI is InChI=1S/C30H40N6O5S/c1-5-9-13-27-31-25(6-2)28-30(38)32-29(33-36(27)28)24-19-23(14-15-26(24)41-8-4)42(39,40)34-22-12-10-11-21(18-22)20-35(7-3)16-17-37/h10-12,14-15,18-19,34,37H,5-9,13,16-17,20H2,1-4H3,(H,32,33,38). The van der Waals surface area contributed by atoms with Crippen molar-refractivity contribution in [1.29, 1.82) is 0 Å². The van der Waals surface area contributed by atoms with Gasteiger partial charge in [-0.3, -0.25) is 14.4 Å². The van der Waals surface area contributed by atoms with Crippen LogP contribution in [0.5, 0.6) is 5.75 Å². The van der Waals surface area contributed by atoms with Gasteiger partial charge in [-0.15, -0.1) is 5.10 Å². The normalized spacial score (nSPS) is 11.9. The van der Waals surface area contributed by atoms with Crippen LogP contribution in [-0.4, -0.2) is 64.3 Å². The molecule has 3 N–H and O–H groups in total. The van der Waals surface area contributed by atoms with Crippen molar-refractivity contribution in [2.75, 3.05) is 31.0 Å². The number of H-pyrrole nitrogens is 1. The summed E-state index contributed by atoms with van der Waals surface area (Å²) in [6, 6.07) is 11.7. The lowest BCUT2D eigenvalue weighted by Gasteiger charge is -2.19. The highest BCUT2D eigenvalue weighted by Gasteiger charge is 2.22. The number of hydrogen-bond acceptors (Lipinski definition) is 8. The van der Waals surface area contributed by atoms with E-state index in [1.165, 1.54) is 12.1 Å². The van der Waals surface area contributed by atoms with Crippen molar-refractivity contribution in [2.45, 2.75) is 64.8 Å². The zero-order valence-corrected chi connectivity index (χ0v) is 25.5. The highest BCUT2D eigenvalue weighted by Crippen LogP contribution is 2.31. The minimum Gasteiger partial charge on any atom is -0.493 e. The minimum atomic E-state index is -4.01. The fourth-order valence-corrected chi connectivity index (χ4v) is 5.91. The number of aryl methyl sites for hydroxylation is 2. The predicted octanol–water partition coefficient (Wildman–Crippen LogP) is 4.00. The molecule has 4 aromatic rings. The number of imidazole rings is 1. The third-order valence-corrected chi connectivity index (χ3v) is 8.37. The summed E-state index contributed by atoms with van der Waals surface area (Å²) in [5, 5.41) is 14.0. The molecule has 0 unspecified atom stereocenters. The zero-order valence-electron chi connectivity index (χ0n) is 24.7. The van der Waals surface area contributed by atoms with Crippen LogP contribution in [0.4, 0.5) is 5.69 Å². The summed E-state index contributed by atoms with van der Waals surface area (Å²) in [5.41, 5.74) is 2.41. The Hall–Kier alpha value is -3.74. The Labute approximate surface area is 246 Å². The molecular formula is C30H40N6O5S. The van der Waals surface area contributed by atoms with Gasteiger partial charge in [0.2, 0.25) is 0 Å². The van der Waals surface area contributed by atoms with Crippen molar-refractivity contribution < 1.29 is 18.3 Å². The highest BCUT2D eigenvalue weighted by atomic mass is 32.2. The van der Waals surface area contributed by atoms with E-state index in [0.29, 0.717) is 66.6 Å². The van der Waals surface area contributed by atoms with Crippen molar-refractivity contribution >= 4 is 21.2 Å². The van der Waals surface area contributed by atoms with Crippen LogP contribution in [-0.2, 0) is 29.4 Å². The molecule has 12 heteroatoms. The number of fused-ring (bicyclic) bond motifs is 1. The monoisotopic (exact) mass is 596 g/mol. The van der Waals surface area contributed by atoms with Gasteiger partial charge in [0, 0.05) is 25.2 Å². The Morgan fingerprint density at radius 2 is 1.93 bits per heavy atom. The molecule has 0 spiro atoms. The second kappa shape index (κ2) is 14.0. The van der Waals surface area contributed by atoms with Gasteiger partial charge in [0.25, 0.3) is 15.6 Å². The van der Waals surface area contributed by atoms with Gasteiger partial charge in [0.1, 0.15) is 11.6 Å². The van der Waals surface area contributed by atoms with E-state index in [2.05, 4.69) is 26.5 Å². The summed E-state index contributed by atoms with van der Waals surface area (Å²) < 4.78 is 37.1. The van der Waals surface area contributed by atoms with Crippen molar-refractivity contribution in [2.24, 2.45) is 0 Å². The summed E-state index contributed by atoms with van der Waals surface area (Å²) in [4.78, 5) is 22.8. The second-order valence-electron chi connectivity index (χ2n) is 9.98. The highest BCUT2D eigenvalue weighted by molar-refractivity contribution is 7.92. The lowest BCUT2D eigenvalue weighted by Crippen LogP contribution is -2.26. The molecule has 0 bridgehead atoms. The SMILES string of the molecule is CCCCc1nc(CC)c2c(=O)[nH]c(-c3cc(S(=O)(=O)Nc4cccc(CN(CC)CCO)c4)ccc3OCC)nn12. The summed E-state index contributed by atoms with van der Waals surface area (Å²) >= 11 is 0. The number of unbranched alkanes of at least 4 members (excludes halogenated alkanes) is 1. The van der Waals surface area contributed by atoms with Gasteiger partial charge >= 0.3 is 0 Å². The van der Waals surface area contributed by atoms with Gasteiger partial charge in [-0.2, -0.15) is 0 Å². The molecule has 11 nitrogen and oxygen atoms in total.